The molecule has 1 aromatic carbocycles. The minimum atomic E-state index is -0.179. The number of morpholine rings is 1. The summed E-state index contributed by atoms with van der Waals surface area (Å²) in [6.45, 7) is 5.66. The van der Waals surface area contributed by atoms with Crippen molar-refractivity contribution in [1.29, 1.82) is 0 Å². The molecule has 0 aliphatic carbocycles. The number of carbonyl (C=O) groups excluding carboxylic acids is 1. The molecule has 0 aromatic heterocycles. The van der Waals surface area contributed by atoms with Crippen LogP contribution in [-0.2, 0) is 9.53 Å². The van der Waals surface area contributed by atoms with Crippen molar-refractivity contribution in [2.75, 3.05) is 32.9 Å². The van der Waals surface area contributed by atoms with Crippen molar-refractivity contribution in [3.8, 4) is 5.75 Å². The van der Waals surface area contributed by atoms with Crippen molar-refractivity contribution < 1.29 is 14.3 Å². The highest BCUT2D eigenvalue weighted by molar-refractivity contribution is 8.18. The van der Waals surface area contributed by atoms with E-state index in [1.165, 1.54) is 11.8 Å². The maximum Gasteiger partial charge on any atom is 0.286 e. The number of ether oxygens (including phenoxy) is 2. The molecule has 5 nitrogen and oxygen atoms in total. The summed E-state index contributed by atoms with van der Waals surface area (Å²) in [6.07, 6.45) is 2.82. The van der Waals surface area contributed by atoms with E-state index in [1.807, 2.05) is 30.3 Å². The Morgan fingerprint density at radius 1 is 1.35 bits per heavy atom. The predicted octanol–water partition coefficient (Wildman–Crippen LogP) is 2.78. The van der Waals surface area contributed by atoms with Gasteiger partial charge in [0.25, 0.3) is 5.91 Å². The lowest BCUT2D eigenvalue weighted by Crippen LogP contribution is -2.38. The second-order valence-electron chi connectivity index (χ2n) is 5.30. The number of amidine groups is 1. The molecule has 1 aromatic rings. The molecule has 0 bridgehead atoms. The van der Waals surface area contributed by atoms with Gasteiger partial charge in [-0.05, 0) is 30.3 Å². The molecule has 0 spiro atoms. The highest BCUT2D eigenvalue weighted by Gasteiger charge is 2.27. The number of nitrogens with zero attached hydrogens (tertiary/aromatic N) is 2. The van der Waals surface area contributed by atoms with Crippen LogP contribution in [0.3, 0.4) is 0 Å². The zero-order chi connectivity index (χ0) is 16.1. The first-order chi connectivity index (χ1) is 11.3. The molecule has 1 saturated heterocycles. The normalized spacial score (nSPS) is 20.0. The summed E-state index contributed by atoms with van der Waals surface area (Å²) in [4.78, 5) is 19.1. The molecular formula is C17H20N2O3S. The number of hydrogen-bond donors (Lipinski definition) is 0. The van der Waals surface area contributed by atoms with Gasteiger partial charge in [0.2, 0.25) is 0 Å². The molecule has 6 heteroatoms. The van der Waals surface area contributed by atoms with Crippen LogP contribution in [0.25, 0.3) is 6.08 Å². The molecule has 0 unspecified atom stereocenters. The topological polar surface area (TPSA) is 51.1 Å². The molecule has 0 saturated carbocycles. The SMILES string of the molecule is CCCOc1ccccc1/C=C1\SC(N2CCOCC2)=NC1=O. The lowest BCUT2D eigenvalue weighted by atomic mass is 10.2. The zero-order valence-electron chi connectivity index (χ0n) is 13.2. The first-order valence-electron chi connectivity index (χ1n) is 7.85. The largest absolute Gasteiger partial charge is 0.493 e. The van der Waals surface area contributed by atoms with Crippen LogP contribution < -0.4 is 4.74 Å². The summed E-state index contributed by atoms with van der Waals surface area (Å²) in [7, 11) is 0. The Morgan fingerprint density at radius 2 is 2.13 bits per heavy atom. The van der Waals surface area contributed by atoms with Gasteiger partial charge >= 0.3 is 0 Å². The maximum absolute atomic E-state index is 12.2. The Balaban J connectivity index is 1.75. The number of aliphatic imine (C=N–C) groups is 1. The third-order valence-electron chi connectivity index (χ3n) is 3.56. The molecule has 0 radical (unpaired) electrons. The summed E-state index contributed by atoms with van der Waals surface area (Å²) < 4.78 is 11.1. The number of hydrogen-bond acceptors (Lipinski definition) is 5. The Labute approximate surface area is 140 Å². The highest BCUT2D eigenvalue weighted by Crippen LogP contribution is 2.32. The predicted molar refractivity (Wildman–Crippen MR) is 92.6 cm³/mol. The van der Waals surface area contributed by atoms with Crippen molar-refractivity contribution in [3.63, 3.8) is 0 Å². The molecule has 23 heavy (non-hydrogen) atoms. The van der Waals surface area contributed by atoms with E-state index < -0.39 is 0 Å². The van der Waals surface area contributed by atoms with E-state index in [9.17, 15) is 4.79 Å². The number of carbonyl (C=O) groups is 1. The maximum atomic E-state index is 12.2. The van der Waals surface area contributed by atoms with Crippen LogP contribution in [-0.4, -0.2) is 48.9 Å². The van der Waals surface area contributed by atoms with E-state index in [0.29, 0.717) is 24.7 Å². The zero-order valence-corrected chi connectivity index (χ0v) is 14.0. The van der Waals surface area contributed by atoms with Gasteiger partial charge in [-0.2, -0.15) is 4.99 Å². The van der Waals surface area contributed by atoms with E-state index in [4.69, 9.17) is 9.47 Å². The summed E-state index contributed by atoms with van der Waals surface area (Å²) in [5.41, 5.74) is 0.912. The van der Waals surface area contributed by atoms with Crippen molar-refractivity contribution in [2.24, 2.45) is 4.99 Å². The van der Waals surface area contributed by atoms with Crippen LogP contribution in [0.5, 0.6) is 5.75 Å². The number of rotatable bonds is 4. The van der Waals surface area contributed by atoms with Gasteiger partial charge in [-0.3, -0.25) is 4.79 Å². The van der Waals surface area contributed by atoms with Crippen LogP contribution >= 0.6 is 11.8 Å². The van der Waals surface area contributed by atoms with Crippen LogP contribution in [0.15, 0.2) is 34.2 Å². The molecule has 122 valence electrons. The molecule has 1 fully saturated rings. The van der Waals surface area contributed by atoms with Crippen molar-refractivity contribution in [2.45, 2.75) is 13.3 Å². The average molecular weight is 332 g/mol. The molecule has 2 aliphatic heterocycles. The Hall–Kier alpha value is -1.79. The standard InChI is InChI=1S/C17H20N2O3S/c1-2-9-22-14-6-4-3-5-13(14)12-15-16(20)18-17(23-15)19-7-10-21-11-8-19/h3-6,12H,2,7-11H2,1H3/b15-12-. The fourth-order valence-electron chi connectivity index (χ4n) is 2.37. The van der Waals surface area contributed by atoms with Gasteiger partial charge in [-0.1, -0.05) is 25.1 Å². The van der Waals surface area contributed by atoms with E-state index in [-0.39, 0.29) is 5.91 Å². The average Bonchev–Trinajstić information content (AvgIpc) is 2.96. The minimum absolute atomic E-state index is 0.179. The second kappa shape index (κ2) is 7.66. The lowest BCUT2D eigenvalue weighted by molar-refractivity contribution is -0.113. The second-order valence-corrected chi connectivity index (χ2v) is 6.30. The van der Waals surface area contributed by atoms with Gasteiger partial charge in [-0.15, -0.1) is 0 Å². The number of amides is 1. The minimum Gasteiger partial charge on any atom is -0.493 e. The summed E-state index contributed by atoms with van der Waals surface area (Å²) >= 11 is 1.43. The molecule has 0 atom stereocenters. The molecule has 2 aliphatic rings. The quantitative estimate of drug-likeness (QED) is 0.794. The van der Waals surface area contributed by atoms with E-state index in [2.05, 4.69) is 16.8 Å². The van der Waals surface area contributed by atoms with Crippen LogP contribution in [0.4, 0.5) is 0 Å². The lowest BCUT2D eigenvalue weighted by Gasteiger charge is -2.27. The monoisotopic (exact) mass is 332 g/mol. The van der Waals surface area contributed by atoms with Gasteiger partial charge in [0.1, 0.15) is 5.75 Å². The Kier molecular flexibility index (Phi) is 5.35. The Bertz CT molecular complexity index is 636. The molecule has 0 N–H and O–H groups in total. The van der Waals surface area contributed by atoms with Gasteiger partial charge < -0.3 is 14.4 Å². The Morgan fingerprint density at radius 3 is 2.91 bits per heavy atom. The van der Waals surface area contributed by atoms with Crippen molar-refractivity contribution >= 4 is 28.9 Å². The fourth-order valence-corrected chi connectivity index (χ4v) is 3.33. The van der Waals surface area contributed by atoms with Crippen molar-refractivity contribution in [3.05, 3.63) is 34.7 Å². The third-order valence-corrected chi connectivity index (χ3v) is 4.60. The van der Waals surface area contributed by atoms with Crippen LogP contribution in [0.1, 0.15) is 18.9 Å². The van der Waals surface area contributed by atoms with Crippen LogP contribution in [0.2, 0.25) is 0 Å². The molecular weight excluding hydrogens is 312 g/mol. The molecule has 3 rings (SSSR count). The summed E-state index contributed by atoms with van der Waals surface area (Å²) in [5.74, 6) is 0.622. The summed E-state index contributed by atoms with van der Waals surface area (Å²) in [6, 6.07) is 7.76. The number of benzene rings is 1. The number of para-hydroxylation sites is 1. The highest BCUT2D eigenvalue weighted by atomic mass is 32.2. The fraction of sp³-hybridized carbons (Fsp3) is 0.412. The van der Waals surface area contributed by atoms with E-state index >= 15 is 0 Å². The van der Waals surface area contributed by atoms with Crippen LogP contribution in [0, 0.1) is 0 Å². The van der Waals surface area contributed by atoms with E-state index in [0.717, 1.165) is 36.0 Å². The van der Waals surface area contributed by atoms with E-state index in [1.54, 1.807) is 0 Å². The van der Waals surface area contributed by atoms with Gasteiger partial charge in [0.15, 0.2) is 5.17 Å². The third kappa shape index (κ3) is 3.95. The molecule has 2 heterocycles. The van der Waals surface area contributed by atoms with Gasteiger partial charge in [0.05, 0.1) is 24.7 Å². The summed E-state index contributed by atoms with van der Waals surface area (Å²) in [5, 5.41) is 0.775. The van der Waals surface area contributed by atoms with Gasteiger partial charge in [-0.25, -0.2) is 0 Å². The smallest absolute Gasteiger partial charge is 0.286 e. The van der Waals surface area contributed by atoms with Crippen molar-refractivity contribution in [1.82, 2.24) is 4.90 Å². The first-order valence-corrected chi connectivity index (χ1v) is 8.66. The number of thioether (sulfide) groups is 1. The first kappa shape index (κ1) is 16.1. The van der Waals surface area contributed by atoms with Gasteiger partial charge in [0, 0.05) is 18.7 Å². The molecule has 1 amide bonds.